The molecule has 4 rings (SSSR count). The molecule has 2 aromatic heterocycles. The van der Waals surface area contributed by atoms with Gasteiger partial charge in [0.15, 0.2) is 5.65 Å². The van der Waals surface area contributed by atoms with Crippen LogP contribution in [-0.4, -0.2) is 44.1 Å². The summed E-state index contributed by atoms with van der Waals surface area (Å²) in [4.78, 5) is 4.53. The third kappa shape index (κ3) is 4.76. The van der Waals surface area contributed by atoms with Crippen molar-refractivity contribution in [2.45, 2.75) is 38.1 Å². The largest absolute Gasteiger partial charge is 0.573 e. The van der Waals surface area contributed by atoms with Gasteiger partial charge in [0.25, 0.3) is 0 Å². The molecule has 2 heterocycles. The zero-order chi connectivity index (χ0) is 20.4. The molecule has 1 aromatic carbocycles. The first-order valence-corrected chi connectivity index (χ1v) is 9.38. The van der Waals surface area contributed by atoms with Crippen molar-refractivity contribution in [2.75, 3.05) is 11.9 Å². The first kappa shape index (κ1) is 19.4. The van der Waals surface area contributed by atoms with E-state index < -0.39 is 6.36 Å². The number of hydrogen-bond donors (Lipinski definition) is 2. The minimum atomic E-state index is -4.77. The van der Waals surface area contributed by atoms with E-state index >= 15 is 0 Å². The van der Waals surface area contributed by atoms with Crippen molar-refractivity contribution in [3.05, 3.63) is 36.4 Å². The Hall–Kier alpha value is -2.88. The SMILES string of the molecule is OC1CCC(CNc2ccc3nnn(-c4cccc(OC(F)(F)F)c4)c3n2)CC1. The number of anilines is 1. The van der Waals surface area contributed by atoms with Crippen LogP contribution in [0.1, 0.15) is 25.7 Å². The van der Waals surface area contributed by atoms with Crippen molar-refractivity contribution in [1.29, 1.82) is 0 Å². The van der Waals surface area contributed by atoms with Gasteiger partial charge < -0.3 is 15.2 Å². The molecule has 1 fully saturated rings. The second-order valence-corrected chi connectivity index (χ2v) is 7.14. The molecule has 7 nitrogen and oxygen atoms in total. The average molecular weight is 407 g/mol. The molecule has 0 radical (unpaired) electrons. The van der Waals surface area contributed by atoms with Gasteiger partial charge in [0.1, 0.15) is 17.1 Å². The third-order valence-electron chi connectivity index (χ3n) is 4.98. The fourth-order valence-electron chi connectivity index (χ4n) is 3.49. The van der Waals surface area contributed by atoms with E-state index in [1.54, 1.807) is 18.2 Å². The monoisotopic (exact) mass is 407 g/mol. The van der Waals surface area contributed by atoms with Crippen LogP contribution in [0, 0.1) is 5.92 Å². The highest BCUT2D eigenvalue weighted by Crippen LogP contribution is 2.27. The van der Waals surface area contributed by atoms with E-state index in [2.05, 4.69) is 25.3 Å². The summed E-state index contributed by atoms with van der Waals surface area (Å²) in [5.41, 5.74) is 1.32. The summed E-state index contributed by atoms with van der Waals surface area (Å²) in [6.07, 6.45) is -1.42. The molecule has 29 heavy (non-hydrogen) atoms. The number of aliphatic hydroxyl groups excluding tert-OH is 1. The minimum Gasteiger partial charge on any atom is -0.406 e. The van der Waals surface area contributed by atoms with Gasteiger partial charge in [-0.25, -0.2) is 4.98 Å². The number of aliphatic hydroxyl groups is 1. The van der Waals surface area contributed by atoms with Gasteiger partial charge in [0.2, 0.25) is 0 Å². The van der Waals surface area contributed by atoms with Crippen LogP contribution < -0.4 is 10.1 Å². The number of benzene rings is 1. The molecule has 2 N–H and O–H groups in total. The Labute approximate surface area is 164 Å². The maximum atomic E-state index is 12.5. The standard InChI is InChI=1S/C19H20F3N5O2/c20-19(21,22)29-15-3-1-2-13(10-15)27-18-16(25-26-27)8-9-17(24-18)23-11-12-4-6-14(28)7-5-12/h1-3,8-10,12,14,28H,4-7,11H2,(H,23,24). The number of aromatic nitrogens is 4. The molecule has 1 aliphatic carbocycles. The van der Waals surface area contributed by atoms with Gasteiger partial charge in [-0.2, -0.15) is 4.68 Å². The number of halogens is 3. The maximum Gasteiger partial charge on any atom is 0.573 e. The van der Waals surface area contributed by atoms with Gasteiger partial charge in [-0.3, -0.25) is 0 Å². The summed E-state index contributed by atoms with van der Waals surface area (Å²) in [6, 6.07) is 9.06. The van der Waals surface area contributed by atoms with Crippen LogP contribution in [0.5, 0.6) is 5.75 Å². The third-order valence-corrected chi connectivity index (χ3v) is 4.98. The quantitative estimate of drug-likeness (QED) is 0.671. The predicted molar refractivity (Wildman–Crippen MR) is 99.8 cm³/mol. The molecule has 0 spiro atoms. The predicted octanol–water partition coefficient (Wildman–Crippen LogP) is 3.68. The first-order valence-electron chi connectivity index (χ1n) is 9.38. The number of alkyl halides is 3. The zero-order valence-corrected chi connectivity index (χ0v) is 15.4. The number of hydrogen-bond acceptors (Lipinski definition) is 6. The second-order valence-electron chi connectivity index (χ2n) is 7.14. The number of nitrogens with one attached hydrogen (secondary N) is 1. The van der Waals surface area contributed by atoms with Gasteiger partial charge in [-0.15, -0.1) is 18.3 Å². The summed E-state index contributed by atoms with van der Waals surface area (Å²) < 4.78 is 42.8. The topological polar surface area (TPSA) is 85.1 Å². The molecule has 1 aliphatic rings. The van der Waals surface area contributed by atoms with E-state index in [0.29, 0.717) is 28.6 Å². The average Bonchev–Trinajstić information content (AvgIpc) is 3.10. The van der Waals surface area contributed by atoms with Crippen LogP contribution in [-0.2, 0) is 0 Å². The Kier molecular flexibility index (Phi) is 5.27. The van der Waals surface area contributed by atoms with Gasteiger partial charge >= 0.3 is 6.36 Å². The van der Waals surface area contributed by atoms with Crippen molar-refractivity contribution < 1.29 is 23.0 Å². The van der Waals surface area contributed by atoms with Crippen molar-refractivity contribution in [3.8, 4) is 11.4 Å². The molecular weight excluding hydrogens is 387 g/mol. The van der Waals surface area contributed by atoms with Crippen LogP contribution in [0.3, 0.4) is 0 Å². The molecule has 0 aliphatic heterocycles. The molecule has 0 saturated heterocycles. The lowest BCUT2D eigenvalue weighted by atomic mass is 9.87. The number of nitrogens with zero attached hydrogens (tertiary/aromatic N) is 4. The van der Waals surface area contributed by atoms with Crippen LogP contribution in [0.2, 0.25) is 0 Å². The molecule has 0 amide bonds. The normalized spacial score (nSPS) is 20.0. The molecule has 1 saturated carbocycles. The Morgan fingerprint density at radius 1 is 1.14 bits per heavy atom. The Morgan fingerprint density at radius 2 is 1.93 bits per heavy atom. The van der Waals surface area contributed by atoms with E-state index in [4.69, 9.17) is 0 Å². The van der Waals surface area contributed by atoms with E-state index in [1.165, 1.54) is 22.9 Å². The molecule has 0 unspecified atom stereocenters. The van der Waals surface area contributed by atoms with Crippen molar-refractivity contribution in [2.24, 2.45) is 5.92 Å². The first-order chi connectivity index (χ1) is 13.9. The highest BCUT2D eigenvalue weighted by molar-refractivity contribution is 5.74. The summed E-state index contributed by atoms with van der Waals surface area (Å²) in [6.45, 7) is 0.738. The lowest BCUT2D eigenvalue weighted by Crippen LogP contribution is -2.23. The molecule has 0 bridgehead atoms. The zero-order valence-electron chi connectivity index (χ0n) is 15.4. The van der Waals surface area contributed by atoms with E-state index in [-0.39, 0.29) is 11.9 Å². The van der Waals surface area contributed by atoms with Gasteiger partial charge in [-0.05, 0) is 55.9 Å². The highest BCUT2D eigenvalue weighted by atomic mass is 19.4. The van der Waals surface area contributed by atoms with Gasteiger partial charge in [0, 0.05) is 12.6 Å². The van der Waals surface area contributed by atoms with Crippen LogP contribution in [0.15, 0.2) is 36.4 Å². The second kappa shape index (κ2) is 7.86. The fourth-order valence-corrected chi connectivity index (χ4v) is 3.49. The van der Waals surface area contributed by atoms with Crippen LogP contribution in [0.4, 0.5) is 19.0 Å². The molecule has 10 heteroatoms. The number of ether oxygens (including phenoxy) is 1. The van der Waals surface area contributed by atoms with Gasteiger partial charge in [-0.1, -0.05) is 11.3 Å². The van der Waals surface area contributed by atoms with Crippen molar-refractivity contribution >= 4 is 17.0 Å². The van der Waals surface area contributed by atoms with E-state index in [0.717, 1.165) is 32.2 Å². The summed E-state index contributed by atoms with van der Waals surface area (Å²) in [5.74, 6) is 0.761. The number of fused-ring (bicyclic) bond motifs is 1. The number of rotatable bonds is 5. The molecular formula is C19H20F3N5O2. The molecule has 3 aromatic rings. The summed E-state index contributed by atoms with van der Waals surface area (Å²) in [7, 11) is 0. The highest BCUT2D eigenvalue weighted by Gasteiger charge is 2.31. The lowest BCUT2D eigenvalue weighted by Gasteiger charge is -2.25. The van der Waals surface area contributed by atoms with Gasteiger partial charge in [0.05, 0.1) is 11.8 Å². The van der Waals surface area contributed by atoms with Crippen LogP contribution in [0.25, 0.3) is 16.9 Å². The Bertz CT molecular complexity index is 983. The van der Waals surface area contributed by atoms with Crippen molar-refractivity contribution in [3.63, 3.8) is 0 Å². The minimum absolute atomic E-state index is 0.196. The Balaban J connectivity index is 1.54. The fraction of sp³-hybridized carbons (Fsp3) is 0.421. The maximum absolute atomic E-state index is 12.5. The lowest BCUT2D eigenvalue weighted by molar-refractivity contribution is -0.274. The van der Waals surface area contributed by atoms with Crippen LogP contribution >= 0.6 is 0 Å². The number of pyridine rings is 1. The molecule has 154 valence electrons. The van der Waals surface area contributed by atoms with E-state index in [9.17, 15) is 18.3 Å². The van der Waals surface area contributed by atoms with Crippen molar-refractivity contribution in [1.82, 2.24) is 20.0 Å². The molecule has 0 atom stereocenters. The Morgan fingerprint density at radius 3 is 2.69 bits per heavy atom. The van der Waals surface area contributed by atoms with E-state index in [1.807, 2.05) is 0 Å². The summed E-state index contributed by atoms with van der Waals surface area (Å²) in [5, 5.41) is 20.9. The smallest absolute Gasteiger partial charge is 0.406 e. The summed E-state index contributed by atoms with van der Waals surface area (Å²) >= 11 is 0.